The van der Waals surface area contributed by atoms with Crippen LogP contribution in [-0.2, 0) is 11.2 Å². The monoisotopic (exact) mass is 278 g/mol. The van der Waals surface area contributed by atoms with Gasteiger partial charge in [-0.05, 0) is 37.0 Å². The van der Waals surface area contributed by atoms with E-state index in [0.717, 1.165) is 12.0 Å². The summed E-state index contributed by atoms with van der Waals surface area (Å²) in [6.07, 6.45) is 1.48. The van der Waals surface area contributed by atoms with Gasteiger partial charge in [0.1, 0.15) is 0 Å². The lowest BCUT2D eigenvalue weighted by Gasteiger charge is -2.12. The minimum absolute atomic E-state index is 0.325. The molecular formula is C12H13Cl3O. The molecule has 1 heterocycles. The van der Waals surface area contributed by atoms with E-state index in [1.807, 2.05) is 0 Å². The third kappa shape index (κ3) is 2.48. The highest BCUT2D eigenvalue weighted by molar-refractivity contribution is 6.44. The molecule has 1 aliphatic rings. The fraction of sp³-hybridized carbons (Fsp3) is 0.500. The summed E-state index contributed by atoms with van der Waals surface area (Å²) in [5.74, 6) is 0.406. The number of ether oxygens (including phenoxy) is 1. The Morgan fingerprint density at radius 2 is 1.81 bits per heavy atom. The van der Waals surface area contributed by atoms with E-state index in [1.165, 1.54) is 0 Å². The molecular weight excluding hydrogens is 266 g/mol. The zero-order valence-corrected chi connectivity index (χ0v) is 11.4. The summed E-state index contributed by atoms with van der Waals surface area (Å²) in [5.41, 5.74) is 0.922. The average molecular weight is 280 g/mol. The van der Waals surface area contributed by atoms with Gasteiger partial charge in [0.15, 0.2) is 0 Å². The largest absolute Gasteiger partial charge is 0.370 e. The van der Waals surface area contributed by atoms with Gasteiger partial charge < -0.3 is 4.74 Å². The van der Waals surface area contributed by atoms with Gasteiger partial charge in [-0.15, -0.1) is 0 Å². The first-order valence-electron chi connectivity index (χ1n) is 5.28. The Bertz CT molecular complexity index is 405. The van der Waals surface area contributed by atoms with Gasteiger partial charge >= 0.3 is 0 Å². The molecule has 0 radical (unpaired) electrons. The molecule has 0 spiro atoms. The Labute approximate surface area is 111 Å². The summed E-state index contributed by atoms with van der Waals surface area (Å²) >= 11 is 18.2. The maximum Gasteiger partial charge on any atom is 0.0867 e. The van der Waals surface area contributed by atoms with Crippen LogP contribution in [0.15, 0.2) is 12.1 Å². The van der Waals surface area contributed by atoms with Crippen molar-refractivity contribution < 1.29 is 4.74 Å². The normalized spacial score (nSPS) is 25.6. The van der Waals surface area contributed by atoms with Crippen LogP contribution < -0.4 is 0 Å². The molecule has 1 aromatic rings. The molecule has 3 atom stereocenters. The van der Waals surface area contributed by atoms with Gasteiger partial charge in [-0.1, -0.05) is 41.7 Å². The Morgan fingerprint density at radius 1 is 1.25 bits per heavy atom. The Morgan fingerprint density at radius 3 is 2.38 bits per heavy atom. The maximum absolute atomic E-state index is 6.15. The molecule has 2 rings (SSSR count). The van der Waals surface area contributed by atoms with Crippen molar-refractivity contribution in [2.24, 2.45) is 5.92 Å². The number of epoxide rings is 1. The quantitative estimate of drug-likeness (QED) is 0.581. The minimum atomic E-state index is 0.325. The van der Waals surface area contributed by atoms with Crippen LogP contribution in [0.2, 0.25) is 15.1 Å². The Kier molecular flexibility index (Phi) is 3.70. The van der Waals surface area contributed by atoms with Crippen molar-refractivity contribution in [2.75, 3.05) is 0 Å². The van der Waals surface area contributed by atoms with E-state index < -0.39 is 0 Å². The van der Waals surface area contributed by atoms with Crippen LogP contribution in [0.1, 0.15) is 19.4 Å². The van der Waals surface area contributed by atoms with Crippen molar-refractivity contribution in [3.8, 4) is 0 Å². The molecule has 1 saturated heterocycles. The first-order chi connectivity index (χ1) is 7.50. The molecule has 88 valence electrons. The predicted octanol–water partition coefficient (Wildman–Crippen LogP) is 4.61. The van der Waals surface area contributed by atoms with E-state index >= 15 is 0 Å². The Hall–Kier alpha value is 0.0500. The van der Waals surface area contributed by atoms with Gasteiger partial charge in [0.2, 0.25) is 0 Å². The van der Waals surface area contributed by atoms with E-state index in [2.05, 4.69) is 13.8 Å². The third-order valence-corrected chi connectivity index (χ3v) is 4.18. The van der Waals surface area contributed by atoms with Crippen LogP contribution in [-0.4, -0.2) is 12.2 Å². The molecule has 0 saturated carbocycles. The molecule has 1 aliphatic heterocycles. The highest BCUT2D eigenvalue weighted by Gasteiger charge is 2.39. The first kappa shape index (κ1) is 12.5. The van der Waals surface area contributed by atoms with Crippen LogP contribution in [0.3, 0.4) is 0 Å². The second-order valence-corrected chi connectivity index (χ2v) is 5.50. The van der Waals surface area contributed by atoms with Crippen molar-refractivity contribution >= 4 is 34.8 Å². The summed E-state index contributed by atoms with van der Waals surface area (Å²) in [6.45, 7) is 4.21. The minimum Gasteiger partial charge on any atom is -0.370 e. The number of hydrogen-bond acceptors (Lipinski definition) is 1. The third-order valence-electron chi connectivity index (χ3n) is 2.98. The SMILES string of the molecule is CC(Cc1c(Cl)ccc(Cl)c1Cl)C1OC1C. The van der Waals surface area contributed by atoms with Gasteiger partial charge in [-0.25, -0.2) is 0 Å². The molecule has 0 aliphatic carbocycles. The second-order valence-electron chi connectivity index (χ2n) is 4.31. The summed E-state index contributed by atoms with van der Waals surface area (Å²) in [5, 5.41) is 1.79. The molecule has 0 aromatic heterocycles. The van der Waals surface area contributed by atoms with Crippen LogP contribution in [0.25, 0.3) is 0 Å². The topological polar surface area (TPSA) is 12.5 Å². The highest BCUT2D eigenvalue weighted by atomic mass is 35.5. The molecule has 1 nitrogen and oxygen atoms in total. The van der Waals surface area contributed by atoms with Gasteiger partial charge in [0.25, 0.3) is 0 Å². The number of rotatable bonds is 3. The predicted molar refractivity (Wildman–Crippen MR) is 68.7 cm³/mol. The molecule has 16 heavy (non-hydrogen) atoms. The fourth-order valence-electron chi connectivity index (χ4n) is 1.99. The van der Waals surface area contributed by atoms with E-state index in [0.29, 0.717) is 33.2 Å². The maximum atomic E-state index is 6.15. The molecule has 1 aromatic carbocycles. The van der Waals surface area contributed by atoms with E-state index in [-0.39, 0.29) is 0 Å². The molecule has 0 N–H and O–H groups in total. The lowest BCUT2D eigenvalue weighted by molar-refractivity contribution is 0.328. The molecule has 0 amide bonds. The smallest absolute Gasteiger partial charge is 0.0867 e. The standard InChI is InChI=1S/C12H13Cl3O/c1-6(12-7(2)16-12)5-8-9(13)3-4-10(14)11(8)15/h3-4,6-7,12H,5H2,1-2H3. The van der Waals surface area contributed by atoms with Gasteiger partial charge in [-0.3, -0.25) is 0 Å². The summed E-state index contributed by atoms with van der Waals surface area (Å²) < 4.78 is 5.44. The molecule has 1 fully saturated rings. The van der Waals surface area contributed by atoms with E-state index in [9.17, 15) is 0 Å². The molecule has 0 bridgehead atoms. The number of hydrogen-bond donors (Lipinski definition) is 0. The lowest BCUT2D eigenvalue weighted by atomic mass is 9.96. The van der Waals surface area contributed by atoms with Crippen molar-refractivity contribution in [1.29, 1.82) is 0 Å². The van der Waals surface area contributed by atoms with Crippen molar-refractivity contribution in [3.63, 3.8) is 0 Å². The summed E-state index contributed by atoms with van der Waals surface area (Å²) in [6, 6.07) is 3.51. The Balaban J connectivity index is 2.17. The van der Waals surface area contributed by atoms with Crippen LogP contribution >= 0.6 is 34.8 Å². The summed E-state index contributed by atoms with van der Waals surface area (Å²) in [4.78, 5) is 0. The van der Waals surface area contributed by atoms with Crippen molar-refractivity contribution in [2.45, 2.75) is 32.5 Å². The van der Waals surface area contributed by atoms with Crippen molar-refractivity contribution in [1.82, 2.24) is 0 Å². The highest BCUT2D eigenvalue weighted by Crippen LogP contribution is 2.37. The first-order valence-corrected chi connectivity index (χ1v) is 6.42. The molecule has 3 unspecified atom stereocenters. The van der Waals surface area contributed by atoms with Crippen molar-refractivity contribution in [3.05, 3.63) is 32.8 Å². The lowest BCUT2D eigenvalue weighted by Crippen LogP contribution is -2.09. The summed E-state index contributed by atoms with van der Waals surface area (Å²) in [7, 11) is 0. The number of benzene rings is 1. The van der Waals surface area contributed by atoms with E-state index in [4.69, 9.17) is 39.5 Å². The fourth-order valence-corrected chi connectivity index (χ4v) is 2.70. The van der Waals surface area contributed by atoms with Gasteiger partial charge in [0, 0.05) is 5.02 Å². The molecule has 4 heteroatoms. The van der Waals surface area contributed by atoms with Crippen LogP contribution in [0, 0.1) is 5.92 Å². The zero-order valence-electron chi connectivity index (χ0n) is 9.14. The zero-order chi connectivity index (χ0) is 11.9. The van der Waals surface area contributed by atoms with Crippen LogP contribution in [0.4, 0.5) is 0 Å². The van der Waals surface area contributed by atoms with E-state index in [1.54, 1.807) is 12.1 Å². The van der Waals surface area contributed by atoms with Crippen LogP contribution in [0.5, 0.6) is 0 Å². The van der Waals surface area contributed by atoms with Gasteiger partial charge in [0.05, 0.1) is 22.3 Å². The number of halogens is 3. The second kappa shape index (κ2) is 4.73. The van der Waals surface area contributed by atoms with Gasteiger partial charge in [-0.2, -0.15) is 0 Å². The average Bonchev–Trinajstić information content (AvgIpc) is 2.96.